The number of carbonyl (C=O) groups is 5. The number of likely N-dealkylation sites (tertiary alicyclic amines) is 1. The standard InChI is InChI=1S/C36H53BN4O8/c1-20(2)29(39-32(44)23-13-11-22(12-14-23)31(43)38-19-28(42)47-8)34(46)41-15-9-10-26(41)33(45)40-30(21(3)4)37-48-27-17-24-16-25(35(24,5)6)18-36(27,7)49-37/h11-14,20-21,24-27,29-30H,9-10,15-19H2,1-8H3,(H,38,43)(H,39,44)(H,40,45)/t24-,25+,26-,27+,29-,30-,36-/m0/s1. The van der Waals surface area contributed by atoms with Crippen LogP contribution < -0.4 is 16.0 Å². The zero-order chi connectivity index (χ0) is 35.8. The van der Waals surface area contributed by atoms with Crippen molar-refractivity contribution in [2.24, 2.45) is 29.1 Å². The van der Waals surface area contributed by atoms with Crippen LogP contribution in [0.2, 0.25) is 0 Å². The summed E-state index contributed by atoms with van der Waals surface area (Å²) >= 11 is 0. The Kier molecular flexibility index (Phi) is 10.8. The third kappa shape index (κ3) is 7.52. The van der Waals surface area contributed by atoms with E-state index in [1.807, 2.05) is 27.7 Å². The van der Waals surface area contributed by atoms with Crippen molar-refractivity contribution in [3.05, 3.63) is 35.4 Å². The number of carbonyl (C=O) groups excluding carboxylic acids is 5. The predicted octanol–water partition coefficient (Wildman–Crippen LogP) is 3.13. The van der Waals surface area contributed by atoms with Crippen LogP contribution in [-0.2, 0) is 28.4 Å². The van der Waals surface area contributed by atoms with Gasteiger partial charge in [-0.05, 0) is 92.4 Å². The molecule has 0 radical (unpaired) electrons. The fraction of sp³-hybridized carbons (Fsp3) is 0.694. The SMILES string of the molecule is COC(=O)CNC(=O)c1ccc(C(=O)N[C@H](C(=O)N2CCC[C@H]2C(=O)N[C@H](B2O[C@@H]3C[C@@H]4C[C@H](C[C@]3(C)O2)C4(C)C)C(C)C)C(C)C)cc1. The van der Waals surface area contributed by atoms with Gasteiger partial charge in [0.25, 0.3) is 11.8 Å². The lowest BCUT2D eigenvalue weighted by molar-refractivity contribution is -0.140. The molecule has 3 saturated carbocycles. The first-order valence-corrected chi connectivity index (χ1v) is 17.8. The van der Waals surface area contributed by atoms with Gasteiger partial charge in [-0.25, -0.2) is 0 Å². The van der Waals surface area contributed by atoms with Gasteiger partial charge in [-0.2, -0.15) is 0 Å². The molecule has 2 saturated heterocycles. The van der Waals surface area contributed by atoms with Crippen molar-refractivity contribution in [2.45, 2.75) is 110 Å². The molecule has 2 bridgehead atoms. The molecule has 5 aliphatic rings. The molecule has 3 aliphatic carbocycles. The first kappa shape index (κ1) is 36.8. The Bertz CT molecular complexity index is 1430. The lowest BCUT2D eigenvalue weighted by atomic mass is 9.54. The molecule has 7 atom stereocenters. The summed E-state index contributed by atoms with van der Waals surface area (Å²) in [6, 6.07) is 4.37. The van der Waals surface area contributed by atoms with E-state index in [1.54, 1.807) is 4.90 Å². The van der Waals surface area contributed by atoms with Crippen molar-refractivity contribution in [2.75, 3.05) is 20.2 Å². The van der Waals surface area contributed by atoms with Crippen LogP contribution in [0.15, 0.2) is 24.3 Å². The van der Waals surface area contributed by atoms with Gasteiger partial charge in [-0.3, -0.25) is 24.0 Å². The van der Waals surface area contributed by atoms with Crippen LogP contribution >= 0.6 is 0 Å². The molecule has 0 unspecified atom stereocenters. The highest BCUT2D eigenvalue weighted by atomic mass is 16.7. The molecule has 6 rings (SSSR count). The Labute approximate surface area is 290 Å². The van der Waals surface area contributed by atoms with Crippen molar-refractivity contribution >= 4 is 36.7 Å². The van der Waals surface area contributed by atoms with Gasteiger partial charge >= 0.3 is 13.1 Å². The quantitative estimate of drug-likeness (QED) is 0.238. The lowest BCUT2D eigenvalue weighted by Gasteiger charge is -2.51. The molecule has 4 amide bonds. The maximum atomic E-state index is 14.0. The second kappa shape index (κ2) is 14.4. The molecule has 268 valence electrons. The fourth-order valence-electron chi connectivity index (χ4n) is 8.06. The van der Waals surface area contributed by atoms with Gasteiger partial charge in [0.2, 0.25) is 11.8 Å². The Morgan fingerprint density at radius 3 is 2.18 bits per heavy atom. The molecule has 1 aromatic carbocycles. The first-order valence-electron chi connectivity index (χ1n) is 17.8. The molecule has 0 aromatic heterocycles. The average Bonchev–Trinajstić information content (AvgIpc) is 3.63. The van der Waals surface area contributed by atoms with Gasteiger partial charge in [-0.1, -0.05) is 41.5 Å². The number of amides is 4. The molecule has 1 aromatic rings. The largest absolute Gasteiger partial charge is 0.481 e. The summed E-state index contributed by atoms with van der Waals surface area (Å²) in [7, 11) is 0.658. The van der Waals surface area contributed by atoms with Crippen LogP contribution in [-0.4, -0.2) is 91.5 Å². The third-order valence-corrected chi connectivity index (χ3v) is 11.6. The van der Waals surface area contributed by atoms with Crippen LogP contribution in [0, 0.1) is 29.1 Å². The van der Waals surface area contributed by atoms with E-state index in [-0.39, 0.29) is 53.4 Å². The van der Waals surface area contributed by atoms with Crippen molar-refractivity contribution < 1.29 is 38.0 Å². The summed E-state index contributed by atoms with van der Waals surface area (Å²) < 4.78 is 17.8. The molecule has 3 N–H and O–H groups in total. The Balaban J connectivity index is 1.21. The highest BCUT2D eigenvalue weighted by Gasteiger charge is 2.62. The zero-order valence-corrected chi connectivity index (χ0v) is 30.2. The van der Waals surface area contributed by atoms with E-state index >= 15 is 0 Å². The fourth-order valence-corrected chi connectivity index (χ4v) is 8.06. The second-order valence-electron chi connectivity index (χ2n) is 15.8. The first-order chi connectivity index (χ1) is 23.0. The summed E-state index contributed by atoms with van der Waals surface area (Å²) in [5.41, 5.74) is 0.426. The Morgan fingerprint density at radius 1 is 0.939 bits per heavy atom. The van der Waals surface area contributed by atoms with Crippen molar-refractivity contribution in [3.63, 3.8) is 0 Å². The highest BCUT2D eigenvalue weighted by Crippen LogP contribution is 2.61. The number of benzene rings is 1. The summed E-state index contributed by atoms with van der Waals surface area (Å²) in [4.78, 5) is 66.3. The molecular weight excluding hydrogens is 627 g/mol. The monoisotopic (exact) mass is 680 g/mol. The number of rotatable bonds is 11. The van der Waals surface area contributed by atoms with E-state index in [2.05, 4.69) is 41.5 Å². The zero-order valence-electron chi connectivity index (χ0n) is 30.2. The van der Waals surface area contributed by atoms with E-state index in [4.69, 9.17) is 9.31 Å². The molecule has 2 aliphatic heterocycles. The summed E-state index contributed by atoms with van der Waals surface area (Å²) in [5, 5.41) is 8.51. The minimum absolute atomic E-state index is 0.0210. The number of esters is 1. The van der Waals surface area contributed by atoms with E-state index in [0.717, 1.165) is 12.8 Å². The molecular formula is C36H53BN4O8. The molecule has 0 spiro atoms. The van der Waals surface area contributed by atoms with E-state index in [9.17, 15) is 24.0 Å². The second-order valence-corrected chi connectivity index (χ2v) is 15.8. The number of hydrogen-bond donors (Lipinski definition) is 3. The molecule has 5 fully saturated rings. The average molecular weight is 681 g/mol. The predicted molar refractivity (Wildman–Crippen MR) is 183 cm³/mol. The van der Waals surface area contributed by atoms with Crippen molar-refractivity contribution in [3.8, 4) is 0 Å². The van der Waals surface area contributed by atoms with Gasteiger partial charge in [-0.15, -0.1) is 0 Å². The van der Waals surface area contributed by atoms with Gasteiger partial charge < -0.3 is 34.9 Å². The normalized spacial score (nSPS) is 28.2. The van der Waals surface area contributed by atoms with E-state index in [1.165, 1.54) is 37.8 Å². The van der Waals surface area contributed by atoms with Gasteiger partial charge in [0.15, 0.2) is 0 Å². The molecule has 13 heteroatoms. The highest BCUT2D eigenvalue weighted by molar-refractivity contribution is 6.48. The summed E-state index contributed by atoms with van der Waals surface area (Å²) in [6.07, 6.45) is 4.29. The van der Waals surface area contributed by atoms with Crippen LogP contribution in [0.3, 0.4) is 0 Å². The van der Waals surface area contributed by atoms with Crippen LogP contribution in [0.1, 0.15) is 101 Å². The molecule has 49 heavy (non-hydrogen) atoms. The van der Waals surface area contributed by atoms with Crippen LogP contribution in [0.4, 0.5) is 0 Å². The van der Waals surface area contributed by atoms with Crippen LogP contribution in [0.5, 0.6) is 0 Å². The van der Waals surface area contributed by atoms with Gasteiger partial charge in [0.1, 0.15) is 18.6 Å². The third-order valence-electron chi connectivity index (χ3n) is 11.6. The summed E-state index contributed by atoms with van der Waals surface area (Å²) in [5.74, 6) is -1.50. The van der Waals surface area contributed by atoms with E-state index < -0.39 is 42.6 Å². The van der Waals surface area contributed by atoms with E-state index in [0.29, 0.717) is 36.6 Å². The van der Waals surface area contributed by atoms with Crippen molar-refractivity contribution in [1.82, 2.24) is 20.9 Å². The number of nitrogens with one attached hydrogen (secondary N) is 3. The minimum atomic E-state index is -0.867. The maximum absolute atomic E-state index is 14.0. The lowest BCUT2D eigenvalue weighted by Crippen LogP contribution is -2.58. The Morgan fingerprint density at radius 2 is 1.59 bits per heavy atom. The molecule has 12 nitrogen and oxygen atoms in total. The number of ether oxygens (including phenoxy) is 1. The van der Waals surface area contributed by atoms with Gasteiger partial charge in [0, 0.05) is 17.7 Å². The van der Waals surface area contributed by atoms with Crippen molar-refractivity contribution in [1.29, 1.82) is 0 Å². The molecule has 2 heterocycles. The van der Waals surface area contributed by atoms with Crippen LogP contribution in [0.25, 0.3) is 0 Å². The smallest absolute Gasteiger partial charge is 0.468 e. The minimum Gasteiger partial charge on any atom is -0.468 e. The number of methoxy groups -OCH3 is 1. The topological polar surface area (TPSA) is 152 Å². The van der Waals surface area contributed by atoms with Gasteiger partial charge in [0.05, 0.1) is 24.8 Å². The summed E-state index contributed by atoms with van der Waals surface area (Å²) in [6.45, 7) is 14.8. The number of hydrogen-bond acceptors (Lipinski definition) is 8. The number of nitrogens with zero attached hydrogens (tertiary/aromatic N) is 1. The maximum Gasteiger partial charge on any atom is 0.481 e. The Hall–Kier alpha value is -3.45.